The SMILES string of the molecule is CC(C)c1cccc(NS(=O)(=O)c2ccc(F)c(N)c2)c1. The number of sulfonamides is 1. The first-order valence-corrected chi connectivity index (χ1v) is 7.96. The highest BCUT2D eigenvalue weighted by Gasteiger charge is 2.16. The minimum absolute atomic E-state index is 0.0728. The summed E-state index contributed by atoms with van der Waals surface area (Å²) < 4.78 is 40.1. The highest BCUT2D eigenvalue weighted by Crippen LogP contribution is 2.22. The molecule has 112 valence electrons. The molecule has 0 atom stereocenters. The maximum Gasteiger partial charge on any atom is 0.261 e. The van der Waals surface area contributed by atoms with Gasteiger partial charge >= 0.3 is 0 Å². The van der Waals surface area contributed by atoms with Crippen molar-refractivity contribution < 1.29 is 12.8 Å². The van der Waals surface area contributed by atoms with Crippen LogP contribution in [0, 0.1) is 5.82 Å². The van der Waals surface area contributed by atoms with Gasteiger partial charge in [-0.05, 0) is 41.8 Å². The topological polar surface area (TPSA) is 72.2 Å². The van der Waals surface area contributed by atoms with E-state index >= 15 is 0 Å². The van der Waals surface area contributed by atoms with Crippen LogP contribution in [-0.4, -0.2) is 8.42 Å². The molecule has 2 rings (SSSR count). The monoisotopic (exact) mass is 308 g/mol. The number of hydrogen-bond acceptors (Lipinski definition) is 3. The molecule has 0 spiro atoms. The van der Waals surface area contributed by atoms with Crippen LogP contribution in [0.3, 0.4) is 0 Å². The van der Waals surface area contributed by atoms with Gasteiger partial charge in [0.2, 0.25) is 0 Å². The first kappa shape index (κ1) is 15.3. The van der Waals surface area contributed by atoms with Crippen LogP contribution in [0.25, 0.3) is 0 Å². The summed E-state index contributed by atoms with van der Waals surface area (Å²) in [6, 6.07) is 10.5. The Kier molecular flexibility index (Phi) is 4.18. The smallest absolute Gasteiger partial charge is 0.261 e. The molecule has 0 aliphatic rings. The van der Waals surface area contributed by atoms with Gasteiger partial charge in [-0.1, -0.05) is 26.0 Å². The number of nitrogen functional groups attached to an aromatic ring is 1. The summed E-state index contributed by atoms with van der Waals surface area (Å²) in [5, 5.41) is 0. The van der Waals surface area contributed by atoms with Crippen molar-refractivity contribution in [3.63, 3.8) is 0 Å². The third kappa shape index (κ3) is 3.52. The second-order valence-electron chi connectivity index (χ2n) is 5.07. The molecule has 0 bridgehead atoms. The second-order valence-corrected chi connectivity index (χ2v) is 6.75. The summed E-state index contributed by atoms with van der Waals surface area (Å²) in [5.41, 5.74) is 6.69. The molecule has 3 N–H and O–H groups in total. The fourth-order valence-corrected chi connectivity index (χ4v) is 2.95. The first-order chi connectivity index (χ1) is 9.79. The minimum atomic E-state index is -3.79. The second kappa shape index (κ2) is 5.73. The summed E-state index contributed by atoms with van der Waals surface area (Å²) in [6.45, 7) is 4.04. The normalized spacial score (nSPS) is 11.6. The van der Waals surface area contributed by atoms with Gasteiger partial charge in [0.05, 0.1) is 10.6 Å². The molecule has 0 amide bonds. The zero-order valence-corrected chi connectivity index (χ0v) is 12.6. The molecule has 4 nitrogen and oxygen atoms in total. The van der Waals surface area contributed by atoms with Crippen molar-refractivity contribution in [1.29, 1.82) is 0 Å². The van der Waals surface area contributed by atoms with Crippen LogP contribution in [0.4, 0.5) is 15.8 Å². The van der Waals surface area contributed by atoms with Gasteiger partial charge in [-0.2, -0.15) is 0 Å². The summed E-state index contributed by atoms with van der Waals surface area (Å²) in [4.78, 5) is -0.0728. The van der Waals surface area contributed by atoms with E-state index in [1.165, 1.54) is 6.07 Å². The van der Waals surface area contributed by atoms with Crippen molar-refractivity contribution in [2.24, 2.45) is 0 Å². The van der Waals surface area contributed by atoms with Crippen molar-refractivity contribution in [1.82, 2.24) is 0 Å². The number of hydrogen-bond donors (Lipinski definition) is 2. The lowest BCUT2D eigenvalue weighted by atomic mass is 10.0. The fraction of sp³-hybridized carbons (Fsp3) is 0.200. The van der Waals surface area contributed by atoms with Gasteiger partial charge in [0.1, 0.15) is 5.82 Å². The van der Waals surface area contributed by atoms with E-state index in [0.29, 0.717) is 5.69 Å². The third-order valence-electron chi connectivity index (χ3n) is 3.08. The Balaban J connectivity index is 2.33. The van der Waals surface area contributed by atoms with Gasteiger partial charge in [-0.25, -0.2) is 12.8 Å². The van der Waals surface area contributed by atoms with E-state index in [1.54, 1.807) is 18.2 Å². The molecule has 0 saturated heterocycles. The van der Waals surface area contributed by atoms with E-state index in [2.05, 4.69) is 4.72 Å². The maximum atomic E-state index is 13.1. The van der Waals surface area contributed by atoms with Gasteiger partial charge in [0.25, 0.3) is 10.0 Å². The Morgan fingerprint density at radius 2 is 1.86 bits per heavy atom. The predicted octanol–water partition coefficient (Wildman–Crippen LogP) is 3.33. The Morgan fingerprint density at radius 1 is 1.14 bits per heavy atom. The standard InChI is InChI=1S/C15H17FN2O2S/c1-10(2)11-4-3-5-12(8-11)18-21(19,20)13-6-7-14(16)15(17)9-13/h3-10,18H,17H2,1-2H3. The van der Waals surface area contributed by atoms with Crippen LogP contribution in [0.5, 0.6) is 0 Å². The van der Waals surface area contributed by atoms with E-state index in [4.69, 9.17) is 5.73 Å². The Bertz CT molecular complexity index is 758. The molecule has 0 radical (unpaired) electrons. The molecular weight excluding hydrogens is 291 g/mol. The first-order valence-electron chi connectivity index (χ1n) is 6.47. The van der Waals surface area contributed by atoms with Crippen LogP contribution in [-0.2, 0) is 10.0 Å². The third-order valence-corrected chi connectivity index (χ3v) is 4.46. The largest absolute Gasteiger partial charge is 0.396 e. The van der Waals surface area contributed by atoms with E-state index in [-0.39, 0.29) is 16.5 Å². The zero-order chi connectivity index (χ0) is 15.6. The van der Waals surface area contributed by atoms with Gasteiger partial charge in [0, 0.05) is 5.69 Å². The van der Waals surface area contributed by atoms with E-state index < -0.39 is 15.8 Å². The number of halogens is 1. The van der Waals surface area contributed by atoms with Gasteiger partial charge in [-0.3, -0.25) is 4.72 Å². The van der Waals surface area contributed by atoms with Crippen molar-refractivity contribution in [3.8, 4) is 0 Å². The summed E-state index contributed by atoms with van der Waals surface area (Å²) in [6.07, 6.45) is 0. The molecule has 6 heteroatoms. The van der Waals surface area contributed by atoms with Gasteiger partial charge < -0.3 is 5.73 Å². The Morgan fingerprint density at radius 3 is 2.48 bits per heavy atom. The molecule has 0 heterocycles. The molecule has 0 unspecified atom stereocenters. The molecule has 0 aliphatic heterocycles. The van der Waals surface area contributed by atoms with Crippen molar-refractivity contribution in [3.05, 3.63) is 53.8 Å². The molecule has 2 aromatic carbocycles. The predicted molar refractivity (Wildman–Crippen MR) is 82.2 cm³/mol. The number of benzene rings is 2. The fourth-order valence-electron chi connectivity index (χ4n) is 1.86. The molecule has 0 fully saturated rings. The van der Waals surface area contributed by atoms with E-state index in [9.17, 15) is 12.8 Å². The van der Waals surface area contributed by atoms with Crippen molar-refractivity contribution in [2.45, 2.75) is 24.7 Å². The maximum absolute atomic E-state index is 13.1. The molecular formula is C15H17FN2O2S. The number of nitrogens with two attached hydrogens (primary N) is 1. The average molecular weight is 308 g/mol. The zero-order valence-electron chi connectivity index (χ0n) is 11.8. The van der Waals surface area contributed by atoms with Crippen LogP contribution in [0.1, 0.15) is 25.3 Å². The van der Waals surface area contributed by atoms with Crippen LogP contribution in [0.2, 0.25) is 0 Å². The number of nitrogens with one attached hydrogen (secondary N) is 1. The number of rotatable bonds is 4. The van der Waals surface area contributed by atoms with E-state index in [0.717, 1.165) is 17.7 Å². The Labute approximate surface area is 123 Å². The number of anilines is 2. The van der Waals surface area contributed by atoms with Gasteiger partial charge in [-0.15, -0.1) is 0 Å². The lowest BCUT2D eigenvalue weighted by molar-refractivity contribution is 0.600. The summed E-state index contributed by atoms with van der Waals surface area (Å²) in [5.74, 6) is -0.355. The van der Waals surface area contributed by atoms with Crippen molar-refractivity contribution >= 4 is 21.4 Å². The highest BCUT2D eigenvalue weighted by molar-refractivity contribution is 7.92. The lowest BCUT2D eigenvalue weighted by Gasteiger charge is -2.11. The minimum Gasteiger partial charge on any atom is -0.396 e. The van der Waals surface area contributed by atoms with Crippen LogP contribution in [0.15, 0.2) is 47.4 Å². The van der Waals surface area contributed by atoms with Crippen molar-refractivity contribution in [2.75, 3.05) is 10.5 Å². The van der Waals surface area contributed by atoms with Crippen LogP contribution < -0.4 is 10.5 Å². The summed E-state index contributed by atoms with van der Waals surface area (Å²) >= 11 is 0. The quantitative estimate of drug-likeness (QED) is 0.851. The lowest BCUT2D eigenvalue weighted by Crippen LogP contribution is -2.13. The van der Waals surface area contributed by atoms with Crippen LogP contribution >= 0.6 is 0 Å². The average Bonchev–Trinajstić information content (AvgIpc) is 2.41. The molecule has 2 aromatic rings. The summed E-state index contributed by atoms with van der Waals surface area (Å²) in [7, 11) is -3.79. The molecule has 0 aliphatic carbocycles. The Hall–Kier alpha value is -2.08. The molecule has 0 aromatic heterocycles. The molecule has 21 heavy (non-hydrogen) atoms. The highest BCUT2D eigenvalue weighted by atomic mass is 32.2. The molecule has 0 saturated carbocycles. The van der Waals surface area contributed by atoms with E-state index in [1.807, 2.05) is 19.9 Å². The van der Waals surface area contributed by atoms with Gasteiger partial charge in [0.15, 0.2) is 0 Å².